The Kier molecular flexibility index (Phi) is 6.03. The quantitative estimate of drug-likeness (QED) is 0.768. The van der Waals surface area contributed by atoms with E-state index in [1.54, 1.807) is 0 Å². The Balaban J connectivity index is 3.14. The van der Waals surface area contributed by atoms with Gasteiger partial charge < -0.3 is 4.74 Å². The average Bonchev–Trinajstić information content (AvgIpc) is 2.42. The van der Waals surface area contributed by atoms with Crippen LogP contribution in [-0.2, 0) is 15.1 Å². The number of carbonyl (C=O) groups excluding carboxylic acids is 1. The summed E-state index contributed by atoms with van der Waals surface area (Å²) in [6.45, 7) is 9.18. The van der Waals surface area contributed by atoms with Crippen LogP contribution in [-0.4, -0.2) is 19.1 Å². The first kappa shape index (κ1) is 15.7. The van der Waals surface area contributed by atoms with Crippen LogP contribution in [0, 0.1) is 6.92 Å². The van der Waals surface area contributed by atoms with Crippen LogP contribution < -0.4 is 5.32 Å². The van der Waals surface area contributed by atoms with Gasteiger partial charge >= 0.3 is 5.97 Å². The third-order valence-electron chi connectivity index (χ3n) is 3.38. The number of nitrogens with one attached hydrogen (secondary N) is 1. The summed E-state index contributed by atoms with van der Waals surface area (Å²) in [4.78, 5) is 12.4. The minimum absolute atomic E-state index is 0.185. The minimum Gasteiger partial charge on any atom is -0.464 e. The fourth-order valence-corrected chi connectivity index (χ4v) is 2.20. The van der Waals surface area contributed by atoms with Crippen molar-refractivity contribution in [1.82, 2.24) is 5.32 Å². The van der Waals surface area contributed by atoms with Crippen molar-refractivity contribution in [3.05, 3.63) is 35.4 Å². The summed E-state index contributed by atoms with van der Waals surface area (Å²) in [5.74, 6) is -0.185. The van der Waals surface area contributed by atoms with E-state index in [-0.39, 0.29) is 5.97 Å². The Morgan fingerprint density at radius 3 is 2.32 bits per heavy atom. The molecule has 3 nitrogen and oxygen atoms in total. The Labute approximate surface area is 116 Å². The van der Waals surface area contributed by atoms with E-state index >= 15 is 0 Å². The van der Waals surface area contributed by atoms with Gasteiger partial charge in [-0.2, -0.15) is 0 Å². The van der Waals surface area contributed by atoms with Gasteiger partial charge in [0.1, 0.15) is 5.54 Å². The topological polar surface area (TPSA) is 38.3 Å². The van der Waals surface area contributed by atoms with E-state index in [0.717, 1.165) is 18.5 Å². The van der Waals surface area contributed by atoms with Crippen molar-refractivity contribution >= 4 is 5.97 Å². The molecule has 0 aliphatic heterocycles. The Morgan fingerprint density at radius 2 is 1.84 bits per heavy atom. The lowest BCUT2D eigenvalue weighted by Gasteiger charge is -2.32. The molecule has 106 valence electrons. The van der Waals surface area contributed by atoms with Crippen LogP contribution in [0.25, 0.3) is 0 Å². The largest absolute Gasteiger partial charge is 0.464 e. The minimum atomic E-state index is -0.722. The van der Waals surface area contributed by atoms with Gasteiger partial charge in [-0.25, -0.2) is 4.79 Å². The van der Waals surface area contributed by atoms with E-state index in [1.807, 2.05) is 45.0 Å². The number of aryl methyl sites for hydroxylation is 1. The molecule has 19 heavy (non-hydrogen) atoms. The molecular formula is C16H25NO2. The van der Waals surface area contributed by atoms with Gasteiger partial charge in [0.2, 0.25) is 0 Å². The second-order valence-electron chi connectivity index (χ2n) is 4.77. The first-order chi connectivity index (χ1) is 9.10. The lowest BCUT2D eigenvalue weighted by molar-refractivity contribution is -0.152. The van der Waals surface area contributed by atoms with E-state index in [2.05, 4.69) is 12.2 Å². The smallest absolute Gasteiger partial charge is 0.330 e. The fraction of sp³-hybridized carbons (Fsp3) is 0.562. The van der Waals surface area contributed by atoms with Gasteiger partial charge in [-0.3, -0.25) is 5.32 Å². The first-order valence-corrected chi connectivity index (χ1v) is 7.10. The van der Waals surface area contributed by atoms with Crippen molar-refractivity contribution in [2.75, 3.05) is 13.2 Å². The molecule has 1 unspecified atom stereocenters. The highest BCUT2D eigenvalue weighted by molar-refractivity contribution is 5.82. The number of hydrogen-bond acceptors (Lipinski definition) is 3. The third-order valence-corrected chi connectivity index (χ3v) is 3.38. The van der Waals surface area contributed by atoms with Gasteiger partial charge in [0, 0.05) is 0 Å². The van der Waals surface area contributed by atoms with Crippen LogP contribution >= 0.6 is 0 Å². The molecule has 1 aromatic carbocycles. The lowest BCUT2D eigenvalue weighted by Crippen LogP contribution is -2.50. The van der Waals surface area contributed by atoms with Crippen LogP contribution in [0.3, 0.4) is 0 Å². The van der Waals surface area contributed by atoms with Crippen LogP contribution in [0.2, 0.25) is 0 Å². The SMILES string of the molecule is CCCNC(CC)(C(=O)OCC)c1ccc(C)cc1. The van der Waals surface area contributed by atoms with Crippen molar-refractivity contribution in [3.8, 4) is 0 Å². The molecule has 0 aliphatic carbocycles. The molecule has 1 rings (SSSR count). The lowest BCUT2D eigenvalue weighted by atomic mass is 9.86. The fourth-order valence-electron chi connectivity index (χ4n) is 2.20. The Morgan fingerprint density at radius 1 is 1.21 bits per heavy atom. The summed E-state index contributed by atoms with van der Waals surface area (Å²) in [6, 6.07) is 8.09. The van der Waals surface area contributed by atoms with E-state index in [9.17, 15) is 4.79 Å². The zero-order valence-electron chi connectivity index (χ0n) is 12.5. The summed E-state index contributed by atoms with van der Waals surface area (Å²) in [6.07, 6.45) is 1.65. The predicted octanol–water partition coefficient (Wildman–Crippen LogP) is 3.16. The number of esters is 1. The molecule has 0 saturated heterocycles. The molecule has 0 spiro atoms. The molecule has 0 heterocycles. The van der Waals surface area contributed by atoms with Gasteiger partial charge in [-0.1, -0.05) is 43.7 Å². The highest BCUT2D eigenvalue weighted by Gasteiger charge is 2.39. The molecular weight excluding hydrogens is 238 g/mol. The van der Waals surface area contributed by atoms with Gasteiger partial charge in [-0.15, -0.1) is 0 Å². The molecule has 3 heteroatoms. The van der Waals surface area contributed by atoms with E-state index < -0.39 is 5.54 Å². The molecule has 0 radical (unpaired) electrons. The van der Waals surface area contributed by atoms with Gasteiger partial charge in [0.05, 0.1) is 6.61 Å². The summed E-state index contributed by atoms with van der Waals surface area (Å²) in [5.41, 5.74) is 1.44. The van der Waals surface area contributed by atoms with Gasteiger partial charge in [-0.05, 0) is 38.8 Å². The summed E-state index contributed by atoms with van der Waals surface area (Å²) < 4.78 is 5.28. The highest BCUT2D eigenvalue weighted by Crippen LogP contribution is 2.27. The summed E-state index contributed by atoms with van der Waals surface area (Å²) >= 11 is 0. The molecule has 0 fully saturated rings. The van der Waals surface area contributed by atoms with Crippen molar-refractivity contribution in [3.63, 3.8) is 0 Å². The number of ether oxygens (including phenoxy) is 1. The standard InChI is InChI=1S/C16H25NO2/c1-5-12-17-16(6-2,15(18)19-7-3)14-10-8-13(4)9-11-14/h8-11,17H,5-7,12H2,1-4H3. The van der Waals surface area contributed by atoms with E-state index in [0.29, 0.717) is 13.0 Å². The molecule has 0 amide bonds. The maximum absolute atomic E-state index is 12.4. The summed E-state index contributed by atoms with van der Waals surface area (Å²) in [7, 11) is 0. The monoisotopic (exact) mass is 263 g/mol. The van der Waals surface area contributed by atoms with Crippen LogP contribution in [0.4, 0.5) is 0 Å². The zero-order valence-corrected chi connectivity index (χ0v) is 12.5. The number of carbonyl (C=O) groups is 1. The maximum Gasteiger partial charge on any atom is 0.330 e. The second-order valence-corrected chi connectivity index (χ2v) is 4.77. The zero-order chi connectivity index (χ0) is 14.3. The van der Waals surface area contributed by atoms with Gasteiger partial charge in [0.15, 0.2) is 0 Å². The third kappa shape index (κ3) is 3.57. The molecule has 1 N–H and O–H groups in total. The predicted molar refractivity (Wildman–Crippen MR) is 78.1 cm³/mol. The van der Waals surface area contributed by atoms with Gasteiger partial charge in [0.25, 0.3) is 0 Å². The van der Waals surface area contributed by atoms with Crippen LogP contribution in [0.15, 0.2) is 24.3 Å². The average molecular weight is 263 g/mol. The number of rotatable bonds is 7. The highest BCUT2D eigenvalue weighted by atomic mass is 16.5. The van der Waals surface area contributed by atoms with Crippen LogP contribution in [0.1, 0.15) is 44.7 Å². The molecule has 1 atom stereocenters. The van der Waals surface area contributed by atoms with Crippen molar-refractivity contribution < 1.29 is 9.53 Å². The molecule has 0 aliphatic rings. The first-order valence-electron chi connectivity index (χ1n) is 7.10. The molecule has 0 saturated carbocycles. The Bertz CT molecular complexity index is 400. The molecule has 0 aromatic heterocycles. The summed E-state index contributed by atoms with van der Waals surface area (Å²) in [5, 5.41) is 3.38. The normalized spacial score (nSPS) is 13.9. The number of hydrogen-bond donors (Lipinski definition) is 1. The van der Waals surface area contributed by atoms with Crippen molar-refractivity contribution in [1.29, 1.82) is 0 Å². The molecule has 0 bridgehead atoms. The second kappa shape index (κ2) is 7.29. The van der Waals surface area contributed by atoms with E-state index in [1.165, 1.54) is 5.56 Å². The molecule has 1 aromatic rings. The van der Waals surface area contributed by atoms with Crippen molar-refractivity contribution in [2.45, 2.75) is 46.1 Å². The van der Waals surface area contributed by atoms with E-state index in [4.69, 9.17) is 4.74 Å². The maximum atomic E-state index is 12.4. The van der Waals surface area contributed by atoms with Crippen LogP contribution in [0.5, 0.6) is 0 Å². The van der Waals surface area contributed by atoms with Crippen molar-refractivity contribution in [2.24, 2.45) is 0 Å². The Hall–Kier alpha value is -1.35. The number of benzene rings is 1.